The van der Waals surface area contributed by atoms with Gasteiger partial charge in [0.1, 0.15) is 9.71 Å². The minimum Gasteiger partial charge on any atom is -0.451 e. The highest BCUT2D eigenvalue weighted by molar-refractivity contribution is 7.20. The second kappa shape index (κ2) is 7.06. The van der Waals surface area contributed by atoms with E-state index in [2.05, 4.69) is 10.4 Å². The van der Waals surface area contributed by atoms with Crippen molar-refractivity contribution in [1.82, 2.24) is 15.1 Å². The van der Waals surface area contributed by atoms with Gasteiger partial charge in [-0.25, -0.2) is 4.79 Å². The average molecular weight is 357 g/mol. The van der Waals surface area contributed by atoms with E-state index < -0.39 is 5.97 Å². The first-order valence-corrected chi connectivity index (χ1v) is 8.72. The summed E-state index contributed by atoms with van der Waals surface area (Å²) in [5, 5.41) is 8.05. The Labute approximate surface area is 149 Å². The molecule has 6 nitrogen and oxygen atoms in total. The first kappa shape index (κ1) is 17.2. The standard InChI is InChI=1S/C18H19N3O3S/c1-11(13-7-5-4-6-8-13)19-16(22)10-24-18(23)15-9-14-12(2)20-21(3)17(14)25-15/h4-9,11H,10H2,1-3H3,(H,19,22). The second-order valence-corrected chi connectivity index (χ2v) is 6.85. The molecule has 1 atom stereocenters. The predicted octanol–water partition coefficient (Wildman–Crippen LogP) is 2.98. The molecule has 0 saturated carbocycles. The van der Waals surface area contributed by atoms with Crippen molar-refractivity contribution in [2.75, 3.05) is 6.61 Å². The number of esters is 1. The van der Waals surface area contributed by atoms with Crippen LogP contribution in [0.15, 0.2) is 36.4 Å². The van der Waals surface area contributed by atoms with Crippen LogP contribution < -0.4 is 5.32 Å². The number of fused-ring (bicyclic) bond motifs is 1. The average Bonchev–Trinajstić information content (AvgIpc) is 3.15. The predicted molar refractivity (Wildman–Crippen MR) is 96.6 cm³/mol. The van der Waals surface area contributed by atoms with Gasteiger partial charge in [-0.3, -0.25) is 9.48 Å². The third-order valence-electron chi connectivity index (χ3n) is 3.91. The number of hydrogen-bond acceptors (Lipinski definition) is 5. The van der Waals surface area contributed by atoms with Gasteiger partial charge in [-0.15, -0.1) is 11.3 Å². The summed E-state index contributed by atoms with van der Waals surface area (Å²) in [4.78, 5) is 25.5. The van der Waals surface area contributed by atoms with Crippen molar-refractivity contribution in [3.05, 3.63) is 52.5 Å². The van der Waals surface area contributed by atoms with E-state index in [9.17, 15) is 9.59 Å². The topological polar surface area (TPSA) is 73.2 Å². The van der Waals surface area contributed by atoms with Crippen molar-refractivity contribution in [2.24, 2.45) is 7.05 Å². The third kappa shape index (κ3) is 3.71. The van der Waals surface area contributed by atoms with Crippen LogP contribution in [0.25, 0.3) is 10.2 Å². The highest BCUT2D eigenvalue weighted by Gasteiger charge is 2.18. The molecule has 0 saturated heterocycles. The Morgan fingerprint density at radius 1 is 1.32 bits per heavy atom. The zero-order valence-corrected chi connectivity index (χ0v) is 15.1. The number of aryl methyl sites for hydroxylation is 2. The number of rotatable bonds is 5. The molecule has 1 aromatic carbocycles. The molecule has 25 heavy (non-hydrogen) atoms. The molecule has 0 aliphatic heterocycles. The molecule has 2 heterocycles. The quantitative estimate of drug-likeness (QED) is 0.713. The van der Waals surface area contributed by atoms with Crippen LogP contribution in [0.1, 0.15) is 33.9 Å². The highest BCUT2D eigenvalue weighted by Crippen LogP contribution is 2.28. The summed E-state index contributed by atoms with van der Waals surface area (Å²) in [5.74, 6) is -0.827. The Morgan fingerprint density at radius 2 is 2.04 bits per heavy atom. The Bertz CT molecular complexity index is 880. The zero-order chi connectivity index (χ0) is 18.0. The molecule has 7 heteroatoms. The molecule has 3 aromatic rings. The summed E-state index contributed by atoms with van der Waals surface area (Å²) in [6.07, 6.45) is 0. The number of benzene rings is 1. The first-order valence-electron chi connectivity index (χ1n) is 7.90. The van der Waals surface area contributed by atoms with Gasteiger partial charge in [0.2, 0.25) is 0 Å². The molecule has 0 bridgehead atoms. The SMILES string of the molecule is Cc1nn(C)c2sc(C(=O)OCC(=O)NC(C)c3ccccc3)cc12. The van der Waals surface area contributed by atoms with Gasteiger partial charge in [-0.2, -0.15) is 5.10 Å². The number of aromatic nitrogens is 2. The maximum absolute atomic E-state index is 12.2. The van der Waals surface area contributed by atoms with Gasteiger partial charge < -0.3 is 10.1 Å². The number of thiophene rings is 1. The molecule has 0 spiro atoms. The summed E-state index contributed by atoms with van der Waals surface area (Å²) in [6, 6.07) is 11.2. The number of ether oxygens (including phenoxy) is 1. The van der Waals surface area contributed by atoms with E-state index in [1.165, 1.54) is 11.3 Å². The number of hydrogen-bond donors (Lipinski definition) is 1. The fraction of sp³-hybridized carbons (Fsp3) is 0.278. The molecular weight excluding hydrogens is 338 g/mol. The van der Waals surface area contributed by atoms with Crippen molar-refractivity contribution >= 4 is 33.4 Å². The van der Waals surface area contributed by atoms with Gasteiger partial charge in [-0.05, 0) is 25.5 Å². The van der Waals surface area contributed by atoms with E-state index in [0.29, 0.717) is 4.88 Å². The van der Waals surface area contributed by atoms with E-state index in [-0.39, 0.29) is 18.6 Å². The van der Waals surface area contributed by atoms with E-state index in [1.54, 1.807) is 10.7 Å². The highest BCUT2D eigenvalue weighted by atomic mass is 32.1. The Hall–Kier alpha value is -2.67. The summed E-state index contributed by atoms with van der Waals surface area (Å²) in [5.41, 5.74) is 1.86. The normalized spacial score (nSPS) is 12.1. The van der Waals surface area contributed by atoms with Gasteiger partial charge in [0, 0.05) is 12.4 Å². The van der Waals surface area contributed by atoms with Crippen molar-refractivity contribution < 1.29 is 14.3 Å². The molecule has 2 aromatic heterocycles. The van der Waals surface area contributed by atoms with Crippen molar-refractivity contribution in [3.63, 3.8) is 0 Å². The van der Waals surface area contributed by atoms with Crippen LogP contribution >= 0.6 is 11.3 Å². The lowest BCUT2D eigenvalue weighted by molar-refractivity contribution is -0.124. The Balaban J connectivity index is 1.57. The van der Waals surface area contributed by atoms with Gasteiger partial charge >= 0.3 is 5.97 Å². The van der Waals surface area contributed by atoms with Crippen LogP contribution in [-0.2, 0) is 16.6 Å². The molecule has 0 aliphatic carbocycles. The van der Waals surface area contributed by atoms with E-state index in [4.69, 9.17) is 4.74 Å². The van der Waals surface area contributed by atoms with Crippen LogP contribution in [0, 0.1) is 6.92 Å². The lowest BCUT2D eigenvalue weighted by Gasteiger charge is -2.14. The molecule has 1 N–H and O–H groups in total. The van der Waals surface area contributed by atoms with E-state index in [1.807, 2.05) is 51.2 Å². The minimum absolute atomic E-state index is 0.148. The van der Waals surface area contributed by atoms with Gasteiger partial charge in [0.25, 0.3) is 5.91 Å². The molecule has 0 aliphatic rings. The van der Waals surface area contributed by atoms with Crippen LogP contribution in [0.2, 0.25) is 0 Å². The van der Waals surface area contributed by atoms with Crippen LogP contribution in [0.4, 0.5) is 0 Å². The first-order chi connectivity index (χ1) is 12.0. The van der Waals surface area contributed by atoms with Crippen LogP contribution in [0.3, 0.4) is 0 Å². The Kier molecular flexibility index (Phi) is 4.85. The molecule has 0 fully saturated rings. The summed E-state index contributed by atoms with van der Waals surface area (Å²) < 4.78 is 6.87. The number of nitrogens with one attached hydrogen (secondary N) is 1. The summed E-state index contributed by atoms with van der Waals surface area (Å²) >= 11 is 1.31. The lowest BCUT2D eigenvalue weighted by Crippen LogP contribution is -2.31. The van der Waals surface area contributed by atoms with Gasteiger partial charge in [0.05, 0.1) is 11.7 Å². The number of amides is 1. The smallest absolute Gasteiger partial charge is 0.348 e. The van der Waals surface area contributed by atoms with Crippen molar-refractivity contribution in [2.45, 2.75) is 19.9 Å². The maximum atomic E-state index is 12.2. The molecule has 3 rings (SSSR count). The van der Waals surface area contributed by atoms with Crippen LogP contribution in [-0.4, -0.2) is 28.3 Å². The van der Waals surface area contributed by atoms with Crippen molar-refractivity contribution in [1.29, 1.82) is 0 Å². The second-order valence-electron chi connectivity index (χ2n) is 5.81. The molecule has 130 valence electrons. The van der Waals surface area contributed by atoms with Gasteiger partial charge in [0.15, 0.2) is 6.61 Å². The number of carbonyl (C=O) groups excluding carboxylic acids is 2. The Morgan fingerprint density at radius 3 is 2.72 bits per heavy atom. The maximum Gasteiger partial charge on any atom is 0.348 e. The van der Waals surface area contributed by atoms with E-state index in [0.717, 1.165) is 21.5 Å². The number of carbonyl (C=O) groups is 2. The monoisotopic (exact) mass is 357 g/mol. The third-order valence-corrected chi connectivity index (χ3v) is 5.09. The van der Waals surface area contributed by atoms with Crippen LogP contribution in [0.5, 0.6) is 0 Å². The molecule has 1 amide bonds. The summed E-state index contributed by atoms with van der Waals surface area (Å²) in [6.45, 7) is 3.47. The lowest BCUT2D eigenvalue weighted by atomic mass is 10.1. The molecular formula is C18H19N3O3S. The summed E-state index contributed by atoms with van der Waals surface area (Å²) in [7, 11) is 1.83. The van der Waals surface area contributed by atoms with E-state index >= 15 is 0 Å². The minimum atomic E-state index is -0.497. The largest absolute Gasteiger partial charge is 0.451 e. The zero-order valence-electron chi connectivity index (χ0n) is 14.3. The van der Waals surface area contributed by atoms with Gasteiger partial charge in [-0.1, -0.05) is 30.3 Å². The molecule has 1 unspecified atom stereocenters. The fourth-order valence-corrected chi connectivity index (χ4v) is 3.63. The number of nitrogens with zero attached hydrogens (tertiary/aromatic N) is 2. The fourth-order valence-electron chi connectivity index (χ4n) is 2.62. The van der Waals surface area contributed by atoms with Crippen molar-refractivity contribution in [3.8, 4) is 0 Å². The molecule has 0 radical (unpaired) electrons.